The van der Waals surface area contributed by atoms with Crippen molar-refractivity contribution in [2.45, 2.75) is 19.3 Å². The van der Waals surface area contributed by atoms with E-state index in [9.17, 15) is 0 Å². The Morgan fingerprint density at radius 2 is 0.809 bits per heavy atom. The zero-order valence-electron chi connectivity index (χ0n) is 38.3. The fraction of sp³-hybridized carbons (Fsp3) is 0.0448. The molecule has 0 aromatic heterocycles. The topological polar surface area (TPSA) is 3.24 Å². The van der Waals surface area contributed by atoms with Crippen LogP contribution < -0.4 is 4.90 Å². The van der Waals surface area contributed by atoms with Gasteiger partial charge in [-0.3, -0.25) is 0 Å². The standard InChI is InChI=1S/C67H49N/c1-67(2)61-43-38-49-26-15-16-30-57(49)66(61)59-42-37-53(45-62(59)67)58-31-19-33-64(65(58)51-27-13-6-14-28-51)68(63-32-18-17-29-56(63)47-22-9-4-10-23-47)54-39-34-50(35-40-54)55-41-36-52(46-20-7-3-8-21-46)44-60(55)48-24-11-5-12-25-48/h3-45H,1-2H3. The van der Waals surface area contributed by atoms with Gasteiger partial charge in [0.15, 0.2) is 0 Å². The van der Waals surface area contributed by atoms with E-state index in [-0.39, 0.29) is 5.41 Å². The van der Waals surface area contributed by atoms with E-state index in [4.69, 9.17) is 0 Å². The molecule has 0 spiro atoms. The summed E-state index contributed by atoms with van der Waals surface area (Å²) in [7, 11) is 0. The molecular formula is C67H49N. The molecule has 11 aromatic rings. The Balaban J connectivity index is 1.05. The number of anilines is 3. The van der Waals surface area contributed by atoms with Crippen LogP contribution in [0.4, 0.5) is 17.1 Å². The number of hydrogen-bond donors (Lipinski definition) is 0. The van der Waals surface area contributed by atoms with Crippen molar-refractivity contribution < 1.29 is 0 Å². The molecule has 11 aromatic carbocycles. The van der Waals surface area contributed by atoms with E-state index in [1.165, 1.54) is 83.1 Å². The van der Waals surface area contributed by atoms with Crippen LogP contribution in [-0.2, 0) is 5.41 Å². The first-order valence-electron chi connectivity index (χ1n) is 23.7. The molecule has 0 bridgehead atoms. The van der Waals surface area contributed by atoms with E-state index in [1.54, 1.807) is 0 Å². The highest BCUT2D eigenvalue weighted by Crippen LogP contribution is 2.54. The van der Waals surface area contributed by atoms with Gasteiger partial charge in [-0.1, -0.05) is 238 Å². The van der Waals surface area contributed by atoms with Gasteiger partial charge in [-0.2, -0.15) is 0 Å². The van der Waals surface area contributed by atoms with Gasteiger partial charge in [0.05, 0.1) is 11.4 Å². The highest BCUT2D eigenvalue weighted by molar-refractivity contribution is 6.04. The van der Waals surface area contributed by atoms with Crippen molar-refractivity contribution in [3.05, 3.63) is 272 Å². The lowest BCUT2D eigenvalue weighted by Crippen LogP contribution is -2.15. The maximum atomic E-state index is 2.48. The SMILES string of the molecule is CC1(C)c2cc(-c3cccc(N(c4ccc(-c5ccc(-c6ccccc6)cc5-c5ccccc5)cc4)c4ccccc4-c4ccccc4)c3-c3ccccc3)ccc2-c2c1ccc1ccccc21. The third-order valence-corrected chi connectivity index (χ3v) is 14.1. The lowest BCUT2D eigenvalue weighted by molar-refractivity contribution is 0.661. The summed E-state index contributed by atoms with van der Waals surface area (Å²) in [4.78, 5) is 2.48. The third-order valence-electron chi connectivity index (χ3n) is 14.1. The predicted octanol–water partition coefficient (Wildman–Crippen LogP) is 18.6. The molecule has 0 N–H and O–H groups in total. The molecular weight excluding hydrogens is 819 g/mol. The molecule has 1 aliphatic carbocycles. The smallest absolute Gasteiger partial charge is 0.0546 e. The summed E-state index contributed by atoms with van der Waals surface area (Å²) in [6.45, 7) is 4.77. The first kappa shape index (κ1) is 40.9. The number of fused-ring (bicyclic) bond motifs is 5. The molecule has 1 nitrogen and oxygen atoms in total. The summed E-state index contributed by atoms with van der Waals surface area (Å²) in [5, 5.41) is 2.59. The summed E-state index contributed by atoms with van der Waals surface area (Å²) in [6, 6.07) is 95.6. The van der Waals surface area contributed by atoms with E-state index < -0.39 is 0 Å². The molecule has 0 aliphatic heterocycles. The predicted molar refractivity (Wildman–Crippen MR) is 289 cm³/mol. The summed E-state index contributed by atoms with van der Waals surface area (Å²) < 4.78 is 0. The maximum absolute atomic E-state index is 2.48. The number of para-hydroxylation sites is 1. The number of nitrogens with zero attached hydrogens (tertiary/aromatic N) is 1. The molecule has 0 amide bonds. The molecule has 0 fully saturated rings. The second kappa shape index (κ2) is 17.0. The van der Waals surface area contributed by atoms with E-state index in [0.717, 1.165) is 33.8 Å². The molecule has 68 heavy (non-hydrogen) atoms. The summed E-state index contributed by atoms with van der Waals surface area (Å²) in [6.07, 6.45) is 0. The number of rotatable bonds is 9. The molecule has 0 saturated carbocycles. The van der Waals surface area contributed by atoms with Crippen LogP contribution in [0.25, 0.3) is 88.7 Å². The third kappa shape index (κ3) is 7.12. The first-order valence-corrected chi connectivity index (χ1v) is 23.7. The molecule has 0 saturated heterocycles. The zero-order valence-corrected chi connectivity index (χ0v) is 38.3. The minimum atomic E-state index is -0.167. The van der Waals surface area contributed by atoms with Gasteiger partial charge in [0, 0.05) is 22.2 Å². The Hall–Kier alpha value is -8.52. The van der Waals surface area contributed by atoms with Crippen molar-refractivity contribution in [3.8, 4) is 77.9 Å². The lowest BCUT2D eigenvalue weighted by atomic mass is 9.81. The van der Waals surface area contributed by atoms with E-state index in [0.29, 0.717) is 0 Å². The van der Waals surface area contributed by atoms with Crippen molar-refractivity contribution in [1.82, 2.24) is 0 Å². The van der Waals surface area contributed by atoms with E-state index in [2.05, 4.69) is 280 Å². The van der Waals surface area contributed by atoms with Gasteiger partial charge in [-0.05, 0) is 125 Å². The Morgan fingerprint density at radius 1 is 0.279 bits per heavy atom. The summed E-state index contributed by atoms with van der Waals surface area (Å²) >= 11 is 0. The van der Waals surface area contributed by atoms with Gasteiger partial charge < -0.3 is 4.90 Å². The minimum Gasteiger partial charge on any atom is -0.309 e. The zero-order chi connectivity index (χ0) is 45.6. The Labute approximate surface area is 399 Å². The van der Waals surface area contributed by atoms with Gasteiger partial charge in [-0.15, -0.1) is 0 Å². The van der Waals surface area contributed by atoms with Crippen LogP contribution in [0, 0.1) is 0 Å². The van der Waals surface area contributed by atoms with Crippen molar-refractivity contribution in [1.29, 1.82) is 0 Å². The van der Waals surface area contributed by atoms with Gasteiger partial charge in [0.1, 0.15) is 0 Å². The van der Waals surface area contributed by atoms with Crippen LogP contribution in [0.15, 0.2) is 261 Å². The first-order chi connectivity index (χ1) is 33.5. The summed E-state index contributed by atoms with van der Waals surface area (Å²) in [5.41, 5.74) is 22.8. The summed E-state index contributed by atoms with van der Waals surface area (Å²) in [5.74, 6) is 0. The van der Waals surface area contributed by atoms with Crippen LogP contribution in [0.3, 0.4) is 0 Å². The van der Waals surface area contributed by atoms with Crippen molar-refractivity contribution in [2.75, 3.05) is 4.90 Å². The van der Waals surface area contributed by atoms with Crippen molar-refractivity contribution in [3.63, 3.8) is 0 Å². The van der Waals surface area contributed by atoms with Crippen LogP contribution >= 0.6 is 0 Å². The highest BCUT2D eigenvalue weighted by Gasteiger charge is 2.37. The van der Waals surface area contributed by atoms with Crippen LogP contribution in [0.5, 0.6) is 0 Å². The van der Waals surface area contributed by atoms with Crippen LogP contribution in [-0.4, -0.2) is 0 Å². The molecule has 0 radical (unpaired) electrons. The molecule has 322 valence electrons. The van der Waals surface area contributed by atoms with Gasteiger partial charge >= 0.3 is 0 Å². The molecule has 1 heteroatoms. The Bertz CT molecular complexity index is 3610. The van der Waals surface area contributed by atoms with Crippen molar-refractivity contribution in [2.24, 2.45) is 0 Å². The Kier molecular flexibility index (Phi) is 10.3. The number of hydrogen-bond acceptors (Lipinski definition) is 1. The largest absolute Gasteiger partial charge is 0.309 e. The van der Waals surface area contributed by atoms with Gasteiger partial charge in [0.25, 0.3) is 0 Å². The minimum absolute atomic E-state index is 0.167. The van der Waals surface area contributed by atoms with E-state index >= 15 is 0 Å². The molecule has 12 rings (SSSR count). The average molecular weight is 868 g/mol. The molecule has 1 aliphatic rings. The average Bonchev–Trinajstić information content (AvgIpc) is 3.65. The monoisotopic (exact) mass is 867 g/mol. The van der Waals surface area contributed by atoms with E-state index in [1.807, 2.05) is 0 Å². The maximum Gasteiger partial charge on any atom is 0.0546 e. The molecule has 0 atom stereocenters. The normalized spacial score (nSPS) is 12.4. The fourth-order valence-electron chi connectivity index (χ4n) is 10.7. The quantitative estimate of drug-likeness (QED) is 0.140. The lowest BCUT2D eigenvalue weighted by Gasteiger charge is -2.31. The van der Waals surface area contributed by atoms with Crippen molar-refractivity contribution >= 4 is 27.8 Å². The second-order valence-electron chi connectivity index (χ2n) is 18.4. The molecule has 0 heterocycles. The highest BCUT2D eigenvalue weighted by atomic mass is 15.1. The fourth-order valence-corrected chi connectivity index (χ4v) is 10.7. The van der Waals surface area contributed by atoms with Crippen LogP contribution in [0.2, 0.25) is 0 Å². The van der Waals surface area contributed by atoms with Gasteiger partial charge in [0.2, 0.25) is 0 Å². The Morgan fingerprint density at radius 3 is 1.53 bits per heavy atom. The van der Waals surface area contributed by atoms with Crippen LogP contribution in [0.1, 0.15) is 25.0 Å². The second-order valence-corrected chi connectivity index (χ2v) is 18.4. The number of benzene rings is 11. The molecule has 0 unspecified atom stereocenters. The van der Waals surface area contributed by atoms with Gasteiger partial charge in [-0.25, -0.2) is 0 Å².